The van der Waals surface area contributed by atoms with Gasteiger partial charge in [0, 0.05) is 12.6 Å². The molecule has 0 aliphatic carbocycles. The van der Waals surface area contributed by atoms with Crippen LogP contribution in [0.2, 0.25) is 0 Å². The lowest BCUT2D eigenvalue weighted by Crippen LogP contribution is -2.08. The van der Waals surface area contributed by atoms with Gasteiger partial charge in [0.15, 0.2) is 0 Å². The second-order valence-corrected chi connectivity index (χ2v) is 3.32. The van der Waals surface area contributed by atoms with Crippen LogP contribution < -0.4 is 5.32 Å². The molecule has 0 bridgehead atoms. The summed E-state index contributed by atoms with van der Waals surface area (Å²) in [5, 5.41) is 2.93. The third kappa shape index (κ3) is 5.94. The minimum atomic E-state index is -0.205. The van der Waals surface area contributed by atoms with Crippen LogP contribution in [0.15, 0.2) is 23.4 Å². The molecule has 0 amide bonds. The van der Waals surface area contributed by atoms with Crippen molar-refractivity contribution in [3.63, 3.8) is 0 Å². The van der Waals surface area contributed by atoms with Gasteiger partial charge in [0.05, 0.1) is 6.61 Å². The fraction of sp³-hybridized carbons (Fsp3) is 0.583. The van der Waals surface area contributed by atoms with Gasteiger partial charge in [-0.2, -0.15) is 0 Å². The molecule has 0 fully saturated rings. The molecule has 15 heavy (non-hydrogen) atoms. The maximum atomic E-state index is 11.5. The highest BCUT2D eigenvalue weighted by Gasteiger charge is 2.08. The number of esters is 1. The van der Waals surface area contributed by atoms with E-state index in [9.17, 15) is 4.79 Å². The zero-order chi connectivity index (χ0) is 11.7. The topological polar surface area (TPSA) is 38.3 Å². The summed E-state index contributed by atoms with van der Waals surface area (Å²) in [5.41, 5.74) is 1.76. The molecule has 1 N–H and O–H groups in total. The van der Waals surface area contributed by atoms with Gasteiger partial charge in [0.2, 0.25) is 0 Å². The van der Waals surface area contributed by atoms with Crippen molar-refractivity contribution >= 4 is 5.97 Å². The van der Waals surface area contributed by atoms with Crippen molar-refractivity contribution in [1.29, 1.82) is 0 Å². The van der Waals surface area contributed by atoms with Crippen LogP contribution >= 0.6 is 0 Å². The molecule has 0 saturated heterocycles. The molecule has 0 aromatic carbocycles. The molecule has 0 aliphatic heterocycles. The summed E-state index contributed by atoms with van der Waals surface area (Å²) in [7, 11) is 1.83. The van der Waals surface area contributed by atoms with Crippen molar-refractivity contribution in [2.24, 2.45) is 0 Å². The molecule has 0 saturated carbocycles. The molecule has 0 radical (unpaired) electrons. The van der Waals surface area contributed by atoms with Gasteiger partial charge in [-0.25, -0.2) is 4.79 Å². The molecule has 3 heteroatoms. The van der Waals surface area contributed by atoms with Gasteiger partial charge >= 0.3 is 5.97 Å². The van der Waals surface area contributed by atoms with Crippen LogP contribution in [-0.2, 0) is 9.53 Å². The Balaban J connectivity index is 4.63. The smallest absolute Gasteiger partial charge is 0.333 e. The summed E-state index contributed by atoms with van der Waals surface area (Å²) in [6, 6.07) is 0. The molecular weight excluding hydrogens is 190 g/mol. The van der Waals surface area contributed by atoms with Gasteiger partial charge in [0.1, 0.15) is 0 Å². The van der Waals surface area contributed by atoms with E-state index >= 15 is 0 Å². The van der Waals surface area contributed by atoms with Crippen LogP contribution in [0.3, 0.4) is 0 Å². The Kier molecular flexibility index (Phi) is 7.42. The van der Waals surface area contributed by atoms with E-state index in [0.717, 1.165) is 24.0 Å². The second-order valence-electron chi connectivity index (χ2n) is 3.32. The highest BCUT2D eigenvalue weighted by Crippen LogP contribution is 2.10. The van der Waals surface area contributed by atoms with E-state index < -0.39 is 0 Å². The lowest BCUT2D eigenvalue weighted by Gasteiger charge is -2.05. The Hall–Kier alpha value is -1.25. The molecule has 0 atom stereocenters. The van der Waals surface area contributed by atoms with E-state index in [2.05, 4.69) is 5.32 Å². The monoisotopic (exact) mass is 211 g/mol. The summed E-state index contributed by atoms with van der Waals surface area (Å²) < 4.78 is 4.98. The maximum Gasteiger partial charge on any atom is 0.333 e. The summed E-state index contributed by atoms with van der Waals surface area (Å²) in [4.78, 5) is 11.5. The number of hydrogen-bond acceptors (Lipinski definition) is 3. The Bertz CT molecular complexity index is 254. The highest BCUT2D eigenvalue weighted by atomic mass is 16.5. The van der Waals surface area contributed by atoms with Crippen LogP contribution in [0.5, 0.6) is 0 Å². The number of hydrogen-bond donors (Lipinski definition) is 1. The number of carbonyl (C=O) groups is 1. The minimum Gasteiger partial charge on any atom is -0.463 e. The van der Waals surface area contributed by atoms with Gasteiger partial charge in [-0.3, -0.25) is 0 Å². The first-order valence-electron chi connectivity index (χ1n) is 5.37. The number of nitrogens with one attached hydrogen (secondary N) is 1. The van der Waals surface area contributed by atoms with Crippen LogP contribution in [-0.4, -0.2) is 19.6 Å². The van der Waals surface area contributed by atoms with Crippen molar-refractivity contribution in [2.75, 3.05) is 13.7 Å². The van der Waals surface area contributed by atoms with E-state index in [-0.39, 0.29) is 5.97 Å². The molecule has 3 nitrogen and oxygen atoms in total. The molecule has 0 aliphatic rings. The predicted molar refractivity (Wildman–Crippen MR) is 62.4 cm³/mol. The Morgan fingerprint density at radius 3 is 2.53 bits per heavy atom. The van der Waals surface area contributed by atoms with Gasteiger partial charge < -0.3 is 10.1 Å². The molecule has 0 rings (SSSR count). The fourth-order valence-corrected chi connectivity index (χ4v) is 1.27. The molecule has 0 unspecified atom stereocenters. The number of rotatable bonds is 6. The summed E-state index contributed by atoms with van der Waals surface area (Å²) in [6.07, 6.45) is 5.43. The molecule has 0 aromatic rings. The zero-order valence-electron chi connectivity index (χ0n) is 10.1. The predicted octanol–water partition coefficient (Wildman–Crippen LogP) is 2.40. The highest BCUT2D eigenvalue weighted by molar-refractivity contribution is 5.88. The van der Waals surface area contributed by atoms with E-state index in [1.165, 1.54) is 0 Å². The number of allylic oxidation sites excluding steroid dienone is 2. The second kappa shape index (κ2) is 8.09. The average Bonchev–Trinajstić information content (AvgIpc) is 2.18. The molecule has 0 heterocycles. The first kappa shape index (κ1) is 13.8. The van der Waals surface area contributed by atoms with Crippen molar-refractivity contribution in [3.05, 3.63) is 23.4 Å². The van der Waals surface area contributed by atoms with Crippen molar-refractivity contribution in [2.45, 2.75) is 33.6 Å². The van der Waals surface area contributed by atoms with Gasteiger partial charge in [-0.05, 0) is 38.1 Å². The average molecular weight is 211 g/mol. The molecule has 0 aromatic heterocycles. The lowest BCUT2D eigenvalue weighted by molar-refractivity contribution is -0.138. The summed E-state index contributed by atoms with van der Waals surface area (Å²) in [5.74, 6) is -0.205. The first-order chi connectivity index (χ1) is 7.15. The van der Waals surface area contributed by atoms with Gasteiger partial charge in [-0.15, -0.1) is 0 Å². The van der Waals surface area contributed by atoms with Crippen molar-refractivity contribution in [1.82, 2.24) is 5.32 Å². The van der Waals surface area contributed by atoms with E-state index in [4.69, 9.17) is 4.74 Å². The Morgan fingerprint density at radius 1 is 1.40 bits per heavy atom. The fourth-order valence-electron chi connectivity index (χ4n) is 1.27. The van der Waals surface area contributed by atoms with Crippen LogP contribution in [0.4, 0.5) is 0 Å². The van der Waals surface area contributed by atoms with E-state index in [1.54, 1.807) is 0 Å². The third-order valence-electron chi connectivity index (χ3n) is 1.83. The molecular formula is C12H21NO2. The summed E-state index contributed by atoms with van der Waals surface area (Å²) >= 11 is 0. The van der Waals surface area contributed by atoms with Crippen molar-refractivity contribution in [3.8, 4) is 0 Å². The first-order valence-corrected chi connectivity index (χ1v) is 5.37. The van der Waals surface area contributed by atoms with E-state index in [0.29, 0.717) is 6.61 Å². The third-order valence-corrected chi connectivity index (χ3v) is 1.83. The number of ether oxygens (including phenoxy) is 1. The van der Waals surface area contributed by atoms with Crippen LogP contribution in [0, 0.1) is 0 Å². The van der Waals surface area contributed by atoms with Crippen molar-refractivity contribution < 1.29 is 9.53 Å². The van der Waals surface area contributed by atoms with Crippen LogP contribution in [0.1, 0.15) is 33.6 Å². The Morgan fingerprint density at radius 2 is 2.07 bits per heavy atom. The van der Waals surface area contributed by atoms with E-state index in [1.807, 2.05) is 40.1 Å². The standard InChI is InChI=1S/C12H21NO2/c1-5-7-11(12(14)15-6-2)8-10(3)9-13-4/h8-9,13H,5-7H2,1-4H3/b10-9-,11-8+. The van der Waals surface area contributed by atoms with Gasteiger partial charge in [-0.1, -0.05) is 13.3 Å². The Labute approximate surface area is 92.2 Å². The SMILES string of the molecule is CCC/C(=C\C(C)=C/NC)C(=O)OCC. The van der Waals surface area contributed by atoms with Crippen LogP contribution in [0.25, 0.3) is 0 Å². The molecule has 0 spiro atoms. The lowest BCUT2D eigenvalue weighted by atomic mass is 10.1. The molecule has 86 valence electrons. The minimum absolute atomic E-state index is 0.205. The quantitative estimate of drug-likeness (QED) is 0.416. The summed E-state index contributed by atoms with van der Waals surface area (Å²) in [6.45, 7) is 6.24. The number of carbonyl (C=O) groups excluding carboxylic acids is 1. The maximum absolute atomic E-state index is 11.5. The van der Waals surface area contributed by atoms with Gasteiger partial charge in [0.25, 0.3) is 0 Å². The zero-order valence-corrected chi connectivity index (χ0v) is 10.1. The largest absolute Gasteiger partial charge is 0.463 e. The normalized spacial score (nSPS) is 12.5.